The molecule has 2 amide bonds. The van der Waals surface area contributed by atoms with Gasteiger partial charge in [-0.05, 0) is 44.4 Å². The first kappa shape index (κ1) is 20.0. The molecule has 1 aromatic rings. The SMILES string of the molecule is CCCC(=O)N(Cc1cccc(OC)c1)C(C)C(=O)NC(C)CC. The van der Waals surface area contributed by atoms with Crippen molar-refractivity contribution >= 4 is 11.8 Å². The van der Waals surface area contributed by atoms with Crippen LogP contribution in [0.25, 0.3) is 0 Å². The van der Waals surface area contributed by atoms with E-state index in [0.717, 1.165) is 24.2 Å². The zero-order valence-electron chi connectivity index (χ0n) is 15.5. The summed E-state index contributed by atoms with van der Waals surface area (Å²) in [5.74, 6) is 0.621. The van der Waals surface area contributed by atoms with E-state index in [-0.39, 0.29) is 17.9 Å². The first-order valence-electron chi connectivity index (χ1n) is 8.65. The van der Waals surface area contributed by atoms with Crippen LogP contribution in [0.4, 0.5) is 0 Å². The lowest BCUT2D eigenvalue weighted by molar-refractivity contribution is -0.140. The fraction of sp³-hybridized carbons (Fsp3) is 0.579. The summed E-state index contributed by atoms with van der Waals surface area (Å²) in [6.45, 7) is 8.12. The van der Waals surface area contributed by atoms with Gasteiger partial charge in [0.25, 0.3) is 0 Å². The number of amides is 2. The maximum Gasteiger partial charge on any atom is 0.242 e. The topological polar surface area (TPSA) is 58.6 Å². The molecule has 0 fully saturated rings. The average molecular weight is 334 g/mol. The van der Waals surface area contributed by atoms with E-state index in [9.17, 15) is 9.59 Å². The summed E-state index contributed by atoms with van der Waals surface area (Å²) in [7, 11) is 1.61. The molecule has 0 bridgehead atoms. The largest absolute Gasteiger partial charge is 0.497 e. The standard InChI is InChI=1S/C19H30N2O3/c1-6-9-18(22)21(15(4)19(23)20-14(3)7-2)13-16-10-8-11-17(12-16)24-5/h8,10-12,14-15H,6-7,9,13H2,1-5H3,(H,20,23). The molecule has 1 N–H and O–H groups in total. The van der Waals surface area contributed by atoms with Crippen molar-refractivity contribution in [3.05, 3.63) is 29.8 Å². The van der Waals surface area contributed by atoms with Gasteiger partial charge in [0, 0.05) is 19.0 Å². The van der Waals surface area contributed by atoms with Gasteiger partial charge in [0.05, 0.1) is 7.11 Å². The zero-order valence-corrected chi connectivity index (χ0v) is 15.5. The van der Waals surface area contributed by atoms with Crippen LogP contribution in [0.5, 0.6) is 5.75 Å². The summed E-state index contributed by atoms with van der Waals surface area (Å²) in [6, 6.07) is 7.17. The molecule has 1 aromatic carbocycles. The second-order valence-corrected chi connectivity index (χ2v) is 6.12. The van der Waals surface area contributed by atoms with E-state index >= 15 is 0 Å². The second-order valence-electron chi connectivity index (χ2n) is 6.12. The quantitative estimate of drug-likeness (QED) is 0.755. The van der Waals surface area contributed by atoms with E-state index in [0.29, 0.717) is 13.0 Å². The number of methoxy groups -OCH3 is 1. The fourth-order valence-corrected chi connectivity index (χ4v) is 2.37. The lowest BCUT2D eigenvalue weighted by Crippen LogP contribution is -2.49. The van der Waals surface area contributed by atoms with Crippen molar-refractivity contribution in [2.45, 2.75) is 65.6 Å². The van der Waals surface area contributed by atoms with E-state index < -0.39 is 6.04 Å². The van der Waals surface area contributed by atoms with Gasteiger partial charge in [-0.1, -0.05) is 26.0 Å². The van der Waals surface area contributed by atoms with E-state index in [2.05, 4.69) is 5.32 Å². The molecule has 2 atom stereocenters. The monoisotopic (exact) mass is 334 g/mol. The number of carbonyl (C=O) groups excluding carboxylic acids is 2. The van der Waals surface area contributed by atoms with Crippen LogP contribution in [0.2, 0.25) is 0 Å². The molecule has 24 heavy (non-hydrogen) atoms. The Morgan fingerprint density at radius 3 is 2.54 bits per heavy atom. The van der Waals surface area contributed by atoms with Gasteiger partial charge in [-0.3, -0.25) is 9.59 Å². The van der Waals surface area contributed by atoms with E-state index in [1.165, 1.54) is 0 Å². The van der Waals surface area contributed by atoms with Crippen LogP contribution < -0.4 is 10.1 Å². The minimum Gasteiger partial charge on any atom is -0.497 e. The minimum absolute atomic E-state index is 0.00729. The molecule has 0 saturated carbocycles. The minimum atomic E-state index is -0.510. The van der Waals surface area contributed by atoms with Crippen LogP contribution in [0.3, 0.4) is 0 Å². The fourth-order valence-electron chi connectivity index (χ4n) is 2.37. The molecule has 0 aliphatic rings. The summed E-state index contributed by atoms with van der Waals surface area (Å²) in [6.07, 6.45) is 2.05. The molecule has 5 nitrogen and oxygen atoms in total. The number of nitrogens with zero attached hydrogens (tertiary/aromatic N) is 1. The number of nitrogens with one attached hydrogen (secondary N) is 1. The third-order valence-electron chi connectivity index (χ3n) is 4.12. The van der Waals surface area contributed by atoms with Gasteiger partial charge in [0.15, 0.2) is 0 Å². The van der Waals surface area contributed by atoms with Crippen molar-refractivity contribution in [1.29, 1.82) is 0 Å². The van der Waals surface area contributed by atoms with Gasteiger partial charge >= 0.3 is 0 Å². The Morgan fingerprint density at radius 2 is 1.96 bits per heavy atom. The van der Waals surface area contributed by atoms with Crippen molar-refractivity contribution in [1.82, 2.24) is 10.2 Å². The van der Waals surface area contributed by atoms with Crippen LogP contribution in [-0.4, -0.2) is 35.9 Å². The lowest BCUT2D eigenvalue weighted by Gasteiger charge is -2.29. The molecule has 0 spiro atoms. The number of benzene rings is 1. The molecule has 0 aromatic heterocycles. The molecule has 2 unspecified atom stereocenters. The first-order chi connectivity index (χ1) is 11.4. The van der Waals surface area contributed by atoms with Crippen molar-refractivity contribution in [2.24, 2.45) is 0 Å². The molecule has 134 valence electrons. The van der Waals surface area contributed by atoms with E-state index in [1.807, 2.05) is 45.0 Å². The maximum absolute atomic E-state index is 12.5. The highest BCUT2D eigenvalue weighted by molar-refractivity contribution is 5.87. The van der Waals surface area contributed by atoms with Crippen LogP contribution >= 0.6 is 0 Å². The Hall–Kier alpha value is -2.04. The highest BCUT2D eigenvalue weighted by atomic mass is 16.5. The average Bonchev–Trinajstić information content (AvgIpc) is 2.59. The third kappa shape index (κ3) is 5.87. The summed E-state index contributed by atoms with van der Waals surface area (Å²) in [5, 5.41) is 2.96. The maximum atomic E-state index is 12.5. The van der Waals surface area contributed by atoms with Crippen molar-refractivity contribution in [3.8, 4) is 5.75 Å². The van der Waals surface area contributed by atoms with Gasteiger partial charge in [0.1, 0.15) is 11.8 Å². The van der Waals surface area contributed by atoms with Crippen molar-refractivity contribution in [3.63, 3.8) is 0 Å². The predicted octanol–water partition coefficient (Wildman–Crippen LogP) is 3.13. The Balaban J connectivity index is 2.94. The van der Waals surface area contributed by atoms with Crippen LogP contribution in [0, 0.1) is 0 Å². The Morgan fingerprint density at radius 1 is 1.25 bits per heavy atom. The summed E-state index contributed by atoms with van der Waals surface area (Å²) in [5.41, 5.74) is 0.946. The summed E-state index contributed by atoms with van der Waals surface area (Å²) in [4.78, 5) is 26.6. The van der Waals surface area contributed by atoms with Gasteiger partial charge < -0.3 is 15.0 Å². The molecule has 0 saturated heterocycles. The molecule has 1 rings (SSSR count). The normalized spacial score (nSPS) is 13.0. The summed E-state index contributed by atoms with van der Waals surface area (Å²) < 4.78 is 5.24. The Labute approximate surface area is 145 Å². The molecule has 0 aliphatic heterocycles. The smallest absolute Gasteiger partial charge is 0.242 e. The predicted molar refractivity (Wildman–Crippen MR) is 95.8 cm³/mol. The number of hydrogen-bond acceptors (Lipinski definition) is 3. The van der Waals surface area contributed by atoms with E-state index in [1.54, 1.807) is 18.9 Å². The zero-order chi connectivity index (χ0) is 18.1. The molecular formula is C19H30N2O3. The van der Waals surface area contributed by atoms with E-state index in [4.69, 9.17) is 4.74 Å². The lowest BCUT2D eigenvalue weighted by atomic mass is 10.1. The highest BCUT2D eigenvalue weighted by Gasteiger charge is 2.26. The molecule has 5 heteroatoms. The number of carbonyl (C=O) groups is 2. The molecule has 0 heterocycles. The number of rotatable bonds is 9. The summed E-state index contributed by atoms with van der Waals surface area (Å²) >= 11 is 0. The highest BCUT2D eigenvalue weighted by Crippen LogP contribution is 2.17. The van der Waals surface area contributed by atoms with Crippen LogP contribution in [-0.2, 0) is 16.1 Å². The first-order valence-corrected chi connectivity index (χ1v) is 8.65. The number of hydrogen-bond donors (Lipinski definition) is 1. The van der Waals surface area contributed by atoms with Crippen LogP contribution in [0.1, 0.15) is 52.5 Å². The number of ether oxygens (including phenoxy) is 1. The van der Waals surface area contributed by atoms with Crippen molar-refractivity contribution < 1.29 is 14.3 Å². The Kier molecular flexibility index (Phi) is 8.30. The molecule has 0 aliphatic carbocycles. The van der Waals surface area contributed by atoms with Gasteiger partial charge in [-0.15, -0.1) is 0 Å². The second kappa shape index (κ2) is 9.96. The van der Waals surface area contributed by atoms with Gasteiger partial charge in [-0.2, -0.15) is 0 Å². The van der Waals surface area contributed by atoms with Crippen LogP contribution in [0.15, 0.2) is 24.3 Å². The molecule has 0 radical (unpaired) electrons. The van der Waals surface area contributed by atoms with Gasteiger partial charge in [-0.25, -0.2) is 0 Å². The molecular weight excluding hydrogens is 304 g/mol. The third-order valence-corrected chi connectivity index (χ3v) is 4.12. The Bertz CT molecular complexity index is 545. The van der Waals surface area contributed by atoms with Crippen molar-refractivity contribution in [2.75, 3.05) is 7.11 Å². The van der Waals surface area contributed by atoms with Gasteiger partial charge in [0.2, 0.25) is 11.8 Å².